The predicted octanol–water partition coefficient (Wildman–Crippen LogP) is 5.40. The minimum absolute atomic E-state index is 0.183. The number of ether oxygens (including phenoxy) is 1. The number of aryl methyl sites for hydroxylation is 1. The van der Waals surface area contributed by atoms with Gasteiger partial charge in [-0.3, -0.25) is 14.2 Å². The van der Waals surface area contributed by atoms with E-state index in [0.29, 0.717) is 26.3 Å². The van der Waals surface area contributed by atoms with Crippen LogP contribution in [0.2, 0.25) is 0 Å². The van der Waals surface area contributed by atoms with Crippen molar-refractivity contribution in [2.75, 3.05) is 12.4 Å². The molecule has 192 valence electrons. The number of halogens is 2. The number of aromatic nitrogens is 1. The second kappa shape index (κ2) is 11.1. The number of para-hydroxylation sites is 1. The van der Waals surface area contributed by atoms with Gasteiger partial charge in [0, 0.05) is 5.69 Å². The van der Waals surface area contributed by atoms with E-state index < -0.39 is 6.04 Å². The smallest absolute Gasteiger partial charge is 0.271 e. The summed E-state index contributed by atoms with van der Waals surface area (Å²) in [7, 11) is 1.65. The van der Waals surface area contributed by atoms with Crippen LogP contribution in [-0.2, 0) is 4.79 Å². The number of hydrogen-bond donors (Lipinski definition) is 1. The summed E-state index contributed by atoms with van der Waals surface area (Å²) in [5.74, 6) is 0.533. The van der Waals surface area contributed by atoms with Crippen molar-refractivity contribution in [3.63, 3.8) is 0 Å². The number of thiazole rings is 1. The number of amides is 1. The zero-order chi connectivity index (χ0) is 27.0. The SMILES string of the molecule is COc1c(I)cc(/C=c2\sc3n(c2=O)C(c2ccc(C)cc2)C(C(=O)Nc2ccccc2)=C(C)N=3)cc1I. The Kier molecular flexibility index (Phi) is 7.87. The van der Waals surface area contributed by atoms with Crippen LogP contribution in [0.1, 0.15) is 29.7 Å². The Balaban J connectivity index is 1.67. The number of rotatable bonds is 5. The number of hydrogen-bond acceptors (Lipinski definition) is 5. The summed E-state index contributed by atoms with van der Waals surface area (Å²) in [6, 6.07) is 20.6. The molecule has 0 radical (unpaired) electrons. The molecule has 1 N–H and O–H groups in total. The molecule has 1 atom stereocenters. The van der Waals surface area contributed by atoms with E-state index in [-0.39, 0.29) is 11.5 Å². The van der Waals surface area contributed by atoms with Gasteiger partial charge in [-0.15, -0.1) is 0 Å². The fourth-order valence-corrected chi connectivity index (χ4v) is 7.71. The molecule has 1 aromatic heterocycles. The van der Waals surface area contributed by atoms with Crippen LogP contribution in [0.5, 0.6) is 5.75 Å². The number of carbonyl (C=O) groups is 1. The van der Waals surface area contributed by atoms with E-state index >= 15 is 0 Å². The summed E-state index contributed by atoms with van der Waals surface area (Å²) in [4.78, 5) is 32.8. The highest BCUT2D eigenvalue weighted by atomic mass is 127. The monoisotopic (exact) mass is 747 g/mol. The number of nitrogens with one attached hydrogen (secondary N) is 1. The third-order valence-electron chi connectivity index (χ3n) is 6.21. The average molecular weight is 747 g/mol. The maximum absolute atomic E-state index is 13.9. The third-order valence-corrected chi connectivity index (χ3v) is 8.80. The molecule has 2 heterocycles. The van der Waals surface area contributed by atoms with Crippen molar-refractivity contribution in [3.05, 3.63) is 122 Å². The molecule has 0 saturated carbocycles. The lowest BCUT2D eigenvalue weighted by Crippen LogP contribution is -2.40. The summed E-state index contributed by atoms with van der Waals surface area (Å²) >= 11 is 5.80. The van der Waals surface area contributed by atoms with Gasteiger partial charge in [0.25, 0.3) is 11.5 Å². The molecular weight excluding hydrogens is 724 g/mol. The van der Waals surface area contributed by atoms with Crippen LogP contribution in [-0.4, -0.2) is 17.6 Å². The first-order chi connectivity index (χ1) is 18.3. The Morgan fingerprint density at radius 3 is 2.34 bits per heavy atom. The van der Waals surface area contributed by atoms with E-state index in [9.17, 15) is 9.59 Å². The van der Waals surface area contributed by atoms with Crippen LogP contribution < -0.4 is 24.9 Å². The molecular formula is C29H23I2N3O3S. The summed E-state index contributed by atoms with van der Waals surface area (Å²) in [6.45, 7) is 3.84. The number of fused-ring (bicyclic) bond motifs is 1. The van der Waals surface area contributed by atoms with Crippen molar-refractivity contribution in [2.24, 2.45) is 4.99 Å². The van der Waals surface area contributed by atoms with Gasteiger partial charge in [0.2, 0.25) is 0 Å². The fourth-order valence-electron chi connectivity index (χ4n) is 4.41. The molecule has 38 heavy (non-hydrogen) atoms. The minimum Gasteiger partial charge on any atom is -0.495 e. The summed E-state index contributed by atoms with van der Waals surface area (Å²) in [5.41, 5.74) is 4.38. The summed E-state index contributed by atoms with van der Waals surface area (Å²) in [6.07, 6.45) is 1.88. The van der Waals surface area contributed by atoms with Gasteiger partial charge in [-0.2, -0.15) is 0 Å². The first-order valence-electron chi connectivity index (χ1n) is 11.8. The molecule has 1 aliphatic heterocycles. The van der Waals surface area contributed by atoms with Gasteiger partial charge in [0.15, 0.2) is 4.80 Å². The number of benzene rings is 3. The Labute approximate surface area is 251 Å². The first kappa shape index (κ1) is 26.8. The van der Waals surface area contributed by atoms with Crippen molar-refractivity contribution >= 4 is 74.2 Å². The zero-order valence-electron chi connectivity index (χ0n) is 20.8. The summed E-state index contributed by atoms with van der Waals surface area (Å²) < 4.78 is 9.60. The molecule has 1 unspecified atom stereocenters. The highest BCUT2D eigenvalue weighted by Crippen LogP contribution is 2.31. The highest BCUT2D eigenvalue weighted by molar-refractivity contribution is 14.1. The van der Waals surface area contributed by atoms with Crippen molar-refractivity contribution < 1.29 is 9.53 Å². The van der Waals surface area contributed by atoms with E-state index in [4.69, 9.17) is 9.73 Å². The number of carbonyl (C=O) groups excluding carboxylic acids is 1. The van der Waals surface area contributed by atoms with Gasteiger partial charge >= 0.3 is 0 Å². The van der Waals surface area contributed by atoms with Gasteiger partial charge in [-0.1, -0.05) is 59.4 Å². The number of methoxy groups -OCH3 is 1. The Morgan fingerprint density at radius 2 is 1.71 bits per heavy atom. The Hall–Kier alpha value is -2.77. The molecule has 5 rings (SSSR count). The van der Waals surface area contributed by atoms with Gasteiger partial charge in [-0.05, 0) is 100 Å². The number of nitrogens with zero attached hydrogens (tertiary/aromatic N) is 2. The van der Waals surface area contributed by atoms with Gasteiger partial charge in [0.05, 0.1) is 36.1 Å². The van der Waals surface area contributed by atoms with Crippen molar-refractivity contribution in [3.8, 4) is 5.75 Å². The van der Waals surface area contributed by atoms with Crippen LogP contribution >= 0.6 is 56.5 Å². The van der Waals surface area contributed by atoms with Gasteiger partial charge in [0.1, 0.15) is 5.75 Å². The van der Waals surface area contributed by atoms with E-state index in [1.807, 2.05) is 86.7 Å². The molecule has 9 heteroatoms. The van der Waals surface area contributed by atoms with Crippen LogP contribution in [0.4, 0.5) is 5.69 Å². The molecule has 1 aliphatic rings. The molecule has 0 bridgehead atoms. The standard InChI is InChI=1S/C29H23I2N3O3S/c1-16-9-11-19(12-10-16)25-24(27(35)33-20-7-5-4-6-8-20)17(2)32-29-34(25)28(36)23(38-29)15-18-13-21(30)26(37-3)22(31)14-18/h4-15,25H,1-3H3,(H,33,35)/b23-15-. The van der Waals surface area contributed by atoms with Crippen LogP contribution in [0.15, 0.2) is 87.8 Å². The van der Waals surface area contributed by atoms with E-state index in [2.05, 4.69) is 50.5 Å². The van der Waals surface area contributed by atoms with E-state index in [0.717, 1.165) is 29.6 Å². The molecule has 0 saturated heterocycles. The molecule has 0 fully saturated rings. The normalized spacial score (nSPS) is 15.2. The number of anilines is 1. The lowest BCUT2D eigenvalue weighted by atomic mass is 9.94. The zero-order valence-corrected chi connectivity index (χ0v) is 25.9. The van der Waals surface area contributed by atoms with Crippen LogP contribution in [0, 0.1) is 14.1 Å². The first-order valence-corrected chi connectivity index (χ1v) is 14.7. The lowest BCUT2D eigenvalue weighted by Gasteiger charge is -2.25. The molecule has 0 spiro atoms. The third kappa shape index (κ3) is 5.23. The van der Waals surface area contributed by atoms with E-state index in [1.165, 1.54) is 11.3 Å². The maximum atomic E-state index is 13.9. The minimum atomic E-state index is -0.603. The van der Waals surface area contributed by atoms with E-state index in [1.54, 1.807) is 11.7 Å². The average Bonchev–Trinajstić information content (AvgIpc) is 3.18. The van der Waals surface area contributed by atoms with Crippen molar-refractivity contribution in [1.82, 2.24) is 4.57 Å². The number of allylic oxidation sites excluding steroid dienone is 1. The second-order valence-corrected chi connectivity index (χ2v) is 12.2. The van der Waals surface area contributed by atoms with Gasteiger partial charge < -0.3 is 10.1 Å². The van der Waals surface area contributed by atoms with Crippen molar-refractivity contribution in [2.45, 2.75) is 19.9 Å². The predicted molar refractivity (Wildman–Crippen MR) is 168 cm³/mol. The molecule has 1 amide bonds. The topological polar surface area (TPSA) is 72.7 Å². The second-order valence-electron chi connectivity index (χ2n) is 8.83. The Morgan fingerprint density at radius 1 is 1.05 bits per heavy atom. The lowest BCUT2D eigenvalue weighted by molar-refractivity contribution is -0.113. The molecule has 0 aliphatic carbocycles. The van der Waals surface area contributed by atoms with Gasteiger partial charge in [-0.25, -0.2) is 4.99 Å². The molecule has 3 aromatic carbocycles. The maximum Gasteiger partial charge on any atom is 0.271 e. The quantitative estimate of drug-likeness (QED) is 0.278. The molecule has 6 nitrogen and oxygen atoms in total. The van der Waals surface area contributed by atoms with Crippen LogP contribution in [0.3, 0.4) is 0 Å². The molecule has 4 aromatic rings. The fraction of sp³-hybridized carbons (Fsp3) is 0.138. The highest BCUT2D eigenvalue weighted by Gasteiger charge is 2.32. The largest absolute Gasteiger partial charge is 0.495 e. The van der Waals surface area contributed by atoms with Crippen LogP contribution in [0.25, 0.3) is 6.08 Å². The van der Waals surface area contributed by atoms with Crippen molar-refractivity contribution in [1.29, 1.82) is 0 Å². The summed E-state index contributed by atoms with van der Waals surface area (Å²) in [5, 5.41) is 2.98. The Bertz CT molecular complexity index is 1730.